The number of carboxylic acid groups (broad SMARTS) is 1. The summed E-state index contributed by atoms with van der Waals surface area (Å²) in [5, 5.41) is 11.2. The lowest BCUT2D eigenvalue weighted by Gasteiger charge is -2.14. The fourth-order valence-electron chi connectivity index (χ4n) is 1.55. The van der Waals surface area contributed by atoms with Crippen LogP contribution in [0, 0.1) is 0 Å². The highest BCUT2D eigenvalue weighted by Crippen LogP contribution is 2.32. The Bertz CT molecular complexity index is 382. The van der Waals surface area contributed by atoms with Crippen molar-refractivity contribution >= 4 is 29.1 Å². The summed E-state index contributed by atoms with van der Waals surface area (Å²) < 4.78 is 0. The van der Waals surface area contributed by atoms with Crippen LogP contribution in [0.1, 0.15) is 28.9 Å². The molecule has 1 heterocycles. The summed E-state index contributed by atoms with van der Waals surface area (Å²) in [6, 6.07) is 1.76. The average molecular weight is 240 g/mol. The van der Waals surface area contributed by atoms with Crippen LogP contribution in [-0.4, -0.2) is 16.3 Å². The number of rotatable bonds is 3. The molecule has 1 atom stereocenters. The van der Waals surface area contributed by atoms with Crippen molar-refractivity contribution < 1.29 is 9.90 Å². The third kappa shape index (κ3) is 2.86. The standard InChI is InChI=1S/C11H12O2S2/c12-11(13)10-6-9(7-14-10)15-8-4-2-1-3-5-8/h2,4,6-8H,1,3,5H2,(H,12,13). The van der Waals surface area contributed by atoms with Crippen LogP contribution in [0.2, 0.25) is 0 Å². The van der Waals surface area contributed by atoms with Crippen molar-refractivity contribution in [2.24, 2.45) is 0 Å². The van der Waals surface area contributed by atoms with Gasteiger partial charge in [0.2, 0.25) is 0 Å². The van der Waals surface area contributed by atoms with Crippen molar-refractivity contribution in [2.45, 2.75) is 29.4 Å². The van der Waals surface area contributed by atoms with Gasteiger partial charge in [-0.25, -0.2) is 4.79 Å². The quantitative estimate of drug-likeness (QED) is 0.819. The number of hydrogen-bond acceptors (Lipinski definition) is 3. The van der Waals surface area contributed by atoms with Gasteiger partial charge < -0.3 is 5.11 Å². The Morgan fingerprint density at radius 2 is 2.47 bits per heavy atom. The highest BCUT2D eigenvalue weighted by atomic mass is 32.2. The van der Waals surface area contributed by atoms with E-state index in [-0.39, 0.29) is 0 Å². The van der Waals surface area contributed by atoms with E-state index in [0.29, 0.717) is 10.1 Å². The van der Waals surface area contributed by atoms with Crippen LogP contribution in [0.15, 0.2) is 28.5 Å². The van der Waals surface area contributed by atoms with Crippen LogP contribution in [0.5, 0.6) is 0 Å². The Labute approximate surface area is 97.0 Å². The molecule has 0 fully saturated rings. The van der Waals surface area contributed by atoms with E-state index < -0.39 is 5.97 Å². The van der Waals surface area contributed by atoms with Gasteiger partial charge in [0.05, 0.1) is 0 Å². The second-order valence-corrected chi connectivity index (χ2v) is 5.69. The van der Waals surface area contributed by atoms with Crippen molar-refractivity contribution in [2.75, 3.05) is 0 Å². The number of hydrogen-bond donors (Lipinski definition) is 1. The van der Waals surface area contributed by atoms with Crippen LogP contribution < -0.4 is 0 Å². The molecule has 0 bridgehead atoms. The zero-order chi connectivity index (χ0) is 10.7. The van der Waals surface area contributed by atoms with E-state index in [4.69, 9.17) is 5.11 Å². The molecule has 0 saturated carbocycles. The number of carbonyl (C=O) groups is 1. The van der Waals surface area contributed by atoms with Gasteiger partial charge >= 0.3 is 5.97 Å². The largest absolute Gasteiger partial charge is 0.477 e. The second kappa shape index (κ2) is 4.86. The predicted octanol–water partition coefficient (Wildman–Crippen LogP) is 3.65. The Morgan fingerprint density at radius 1 is 1.60 bits per heavy atom. The maximum absolute atomic E-state index is 10.7. The lowest BCUT2D eigenvalue weighted by molar-refractivity contribution is 0.0702. The molecule has 80 valence electrons. The normalized spacial score (nSPS) is 20.4. The van der Waals surface area contributed by atoms with Crippen molar-refractivity contribution in [1.29, 1.82) is 0 Å². The molecule has 0 radical (unpaired) electrons. The van der Waals surface area contributed by atoms with E-state index in [0.717, 1.165) is 4.90 Å². The first-order chi connectivity index (χ1) is 7.25. The van der Waals surface area contributed by atoms with Gasteiger partial charge in [-0.15, -0.1) is 23.1 Å². The van der Waals surface area contributed by atoms with E-state index in [2.05, 4.69) is 12.2 Å². The van der Waals surface area contributed by atoms with Crippen LogP contribution in [-0.2, 0) is 0 Å². The summed E-state index contributed by atoms with van der Waals surface area (Å²) in [6.07, 6.45) is 8.06. The van der Waals surface area contributed by atoms with Crippen molar-refractivity contribution in [3.63, 3.8) is 0 Å². The molecule has 0 saturated heterocycles. The Kier molecular flexibility index (Phi) is 3.49. The molecule has 1 aliphatic rings. The van der Waals surface area contributed by atoms with E-state index >= 15 is 0 Å². The van der Waals surface area contributed by atoms with Gasteiger partial charge in [-0.2, -0.15) is 0 Å². The summed E-state index contributed by atoms with van der Waals surface area (Å²) in [5.74, 6) is -0.828. The minimum Gasteiger partial charge on any atom is -0.477 e. The Morgan fingerprint density at radius 3 is 3.07 bits per heavy atom. The summed E-state index contributed by atoms with van der Waals surface area (Å²) >= 11 is 3.06. The molecule has 1 aliphatic carbocycles. The molecule has 2 rings (SSSR count). The first-order valence-electron chi connectivity index (χ1n) is 4.91. The molecular formula is C11H12O2S2. The first kappa shape index (κ1) is 10.8. The maximum Gasteiger partial charge on any atom is 0.345 e. The number of allylic oxidation sites excluding steroid dienone is 1. The molecule has 2 nitrogen and oxygen atoms in total. The van der Waals surface area contributed by atoms with Gasteiger partial charge in [-0.1, -0.05) is 12.2 Å². The first-order valence-corrected chi connectivity index (χ1v) is 6.67. The zero-order valence-electron chi connectivity index (χ0n) is 8.18. The number of thiophene rings is 1. The van der Waals surface area contributed by atoms with E-state index in [1.54, 1.807) is 17.8 Å². The molecule has 0 aliphatic heterocycles. The fraction of sp³-hybridized carbons (Fsp3) is 0.364. The summed E-state index contributed by atoms with van der Waals surface area (Å²) in [4.78, 5) is 12.2. The fourth-order valence-corrected chi connectivity index (χ4v) is 3.60. The van der Waals surface area contributed by atoms with Crippen molar-refractivity contribution in [3.8, 4) is 0 Å². The molecule has 1 aromatic heterocycles. The number of carboxylic acids is 1. The van der Waals surface area contributed by atoms with E-state index in [1.807, 2.05) is 5.38 Å². The monoisotopic (exact) mass is 240 g/mol. The summed E-state index contributed by atoms with van der Waals surface area (Å²) in [6.45, 7) is 0. The summed E-state index contributed by atoms with van der Waals surface area (Å²) in [5.41, 5.74) is 0. The van der Waals surface area contributed by atoms with Crippen LogP contribution in [0.3, 0.4) is 0 Å². The lowest BCUT2D eigenvalue weighted by atomic mass is 10.1. The lowest BCUT2D eigenvalue weighted by Crippen LogP contribution is -2.01. The SMILES string of the molecule is O=C(O)c1cc(SC2C=CCCC2)cs1. The molecule has 0 spiro atoms. The van der Waals surface area contributed by atoms with E-state index in [1.165, 1.54) is 30.6 Å². The zero-order valence-corrected chi connectivity index (χ0v) is 9.81. The number of aromatic carboxylic acids is 1. The van der Waals surface area contributed by atoms with Gasteiger partial charge in [-0.3, -0.25) is 0 Å². The van der Waals surface area contributed by atoms with Crippen molar-refractivity contribution in [1.82, 2.24) is 0 Å². The minimum atomic E-state index is -0.828. The molecule has 1 N–H and O–H groups in total. The van der Waals surface area contributed by atoms with Crippen LogP contribution in [0.4, 0.5) is 0 Å². The highest BCUT2D eigenvalue weighted by Gasteiger charge is 2.12. The Balaban J connectivity index is 2.01. The Hall–Kier alpha value is -0.740. The molecule has 1 unspecified atom stereocenters. The molecule has 0 amide bonds. The molecular weight excluding hydrogens is 228 g/mol. The van der Waals surface area contributed by atoms with Gasteiger partial charge in [-0.05, 0) is 25.3 Å². The van der Waals surface area contributed by atoms with Crippen LogP contribution >= 0.6 is 23.1 Å². The van der Waals surface area contributed by atoms with Gasteiger partial charge in [0, 0.05) is 15.5 Å². The molecule has 1 aromatic rings. The molecule has 15 heavy (non-hydrogen) atoms. The number of thioether (sulfide) groups is 1. The topological polar surface area (TPSA) is 37.3 Å². The third-order valence-corrected chi connectivity index (χ3v) is 4.55. The smallest absolute Gasteiger partial charge is 0.345 e. The average Bonchev–Trinajstić information content (AvgIpc) is 2.68. The second-order valence-electron chi connectivity index (χ2n) is 3.47. The van der Waals surface area contributed by atoms with Crippen molar-refractivity contribution in [3.05, 3.63) is 28.5 Å². The van der Waals surface area contributed by atoms with Gasteiger partial charge in [0.15, 0.2) is 0 Å². The van der Waals surface area contributed by atoms with Gasteiger partial charge in [0.1, 0.15) is 4.88 Å². The maximum atomic E-state index is 10.7. The molecule has 0 aromatic carbocycles. The highest BCUT2D eigenvalue weighted by molar-refractivity contribution is 8.00. The minimum absolute atomic E-state index is 0.428. The summed E-state index contributed by atoms with van der Waals surface area (Å²) in [7, 11) is 0. The van der Waals surface area contributed by atoms with E-state index in [9.17, 15) is 4.79 Å². The third-order valence-electron chi connectivity index (χ3n) is 2.28. The van der Waals surface area contributed by atoms with Gasteiger partial charge in [0.25, 0.3) is 0 Å². The predicted molar refractivity (Wildman–Crippen MR) is 63.9 cm³/mol. The van der Waals surface area contributed by atoms with Crippen LogP contribution in [0.25, 0.3) is 0 Å². The molecule has 4 heteroatoms.